The van der Waals surface area contributed by atoms with Crippen LogP contribution in [0.1, 0.15) is 22.8 Å². The van der Waals surface area contributed by atoms with Crippen LogP contribution < -0.4 is 0 Å². The van der Waals surface area contributed by atoms with Crippen molar-refractivity contribution >= 4 is 32.8 Å². The van der Waals surface area contributed by atoms with Gasteiger partial charge in [0.25, 0.3) is 0 Å². The van der Waals surface area contributed by atoms with Gasteiger partial charge in [0.1, 0.15) is 5.75 Å². The van der Waals surface area contributed by atoms with Crippen molar-refractivity contribution in [1.82, 2.24) is 4.57 Å². The maximum atomic E-state index is 13.0. The molecule has 0 aliphatic carbocycles. The van der Waals surface area contributed by atoms with Gasteiger partial charge in [-0.1, -0.05) is 52.3 Å². The van der Waals surface area contributed by atoms with E-state index in [1.54, 1.807) is 19.1 Å². The molecule has 3 aromatic carbocycles. The Labute approximate surface area is 177 Å². The van der Waals surface area contributed by atoms with Crippen LogP contribution in [0.5, 0.6) is 5.75 Å². The van der Waals surface area contributed by atoms with E-state index in [4.69, 9.17) is 4.74 Å². The Morgan fingerprint density at radius 3 is 2.45 bits per heavy atom. The Morgan fingerprint density at radius 1 is 1.03 bits per heavy atom. The number of hydrogen-bond donors (Lipinski definition) is 1. The summed E-state index contributed by atoms with van der Waals surface area (Å²) in [5, 5.41) is 11.2. The maximum Gasteiger partial charge on any atom is 0.341 e. The molecule has 0 aliphatic rings. The average molecular weight is 450 g/mol. The minimum atomic E-state index is -0.454. The van der Waals surface area contributed by atoms with Gasteiger partial charge in [-0.15, -0.1) is 0 Å². The summed E-state index contributed by atoms with van der Waals surface area (Å²) in [6.45, 7) is 4.06. The number of phenolic OH excluding ortho intramolecular Hbond substituents is 1. The van der Waals surface area contributed by atoms with E-state index in [1.807, 2.05) is 66.1 Å². The number of aryl methyl sites for hydroxylation is 1. The Bertz CT molecular complexity index is 1210. The summed E-state index contributed by atoms with van der Waals surface area (Å²) in [4.78, 5) is 13.0. The summed E-state index contributed by atoms with van der Waals surface area (Å²) >= 11 is 3.47. The first-order valence-corrected chi connectivity index (χ1v) is 10.2. The van der Waals surface area contributed by atoms with Crippen molar-refractivity contribution in [2.45, 2.75) is 13.8 Å². The number of aromatic hydroxyl groups is 1. The number of phenols is 1. The Kier molecular flexibility index (Phi) is 5.16. The third-order valence-corrected chi connectivity index (χ3v) is 5.45. The first kappa shape index (κ1) is 19.3. The van der Waals surface area contributed by atoms with Crippen LogP contribution in [0.3, 0.4) is 0 Å². The van der Waals surface area contributed by atoms with Gasteiger partial charge in [-0.2, -0.15) is 0 Å². The molecule has 0 spiro atoms. The molecule has 0 aliphatic heterocycles. The SMILES string of the molecule is CCOC(=O)c1c(-c2ccc(Br)cc2)n(-c2ccccc2C)c2cccc(O)c12. The first-order valence-electron chi connectivity index (χ1n) is 9.38. The number of rotatable bonds is 4. The van der Waals surface area contributed by atoms with Crippen molar-refractivity contribution in [3.63, 3.8) is 0 Å². The molecule has 1 heterocycles. The van der Waals surface area contributed by atoms with Crippen LogP contribution in [-0.2, 0) is 4.74 Å². The topological polar surface area (TPSA) is 51.5 Å². The lowest BCUT2D eigenvalue weighted by atomic mass is 10.0. The molecule has 29 heavy (non-hydrogen) atoms. The number of aromatic nitrogens is 1. The predicted molar refractivity (Wildman–Crippen MR) is 119 cm³/mol. The Hall–Kier alpha value is -3.05. The lowest BCUT2D eigenvalue weighted by Gasteiger charge is -2.15. The Balaban J connectivity index is 2.20. The highest BCUT2D eigenvalue weighted by molar-refractivity contribution is 9.10. The maximum absolute atomic E-state index is 13.0. The second kappa shape index (κ2) is 7.76. The second-order valence-corrected chi connectivity index (χ2v) is 7.66. The molecular formula is C24H20BrNO3. The standard InChI is InChI=1S/C24H20BrNO3/c1-3-29-24(28)22-21-19(9-6-10-20(21)27)26(18-8-5-4-7-15(18)2)23(22)16-11-13-17(25)14-12-16/h4-14,27H,3H2,1-2H3. The molecule has 4 aromatic rings. The number of hydrogen-bond acceptors (Lipinski definition) is 3. The van der Waals surface area contributed by atoms with Crippen LogP contribution in [-0.4, -0.2) is 22.2 Å². The van der Waals surface area contributed by atoms with Gasteiger partial charge in [-0.25, -0.2) is 4.79 Å². The molecule has 0 saturated heterocycles. The van der Waals surface area contributed by atoms with E-state index in [9.17, 15) is 9.90 Å². The number of ether oxygens (including phenoxy) is 1. The second-order valence-electron chi connectivity index (χ2n) is 6.74. The summed E-state index contributed by atoms with van der Waals surface area (Å²) in [6.07, 6.45) is 0. The van der Waals surface area contributed by atoms with E-state index in [1.165, 1.54) is 0 Å². The monoisotopic (exact) mass is 449 g/mol. The molecule has 0 bridgehead atoms. The van der Waals surface area contributed by atoms with Gasteiger partial charge in [-0.3, -0.25) is 0 Å². The van der Waals surface area contributed by atoms with Gasteiger partial charge >= 0.3 is 5.97 Å². The molecule has 1 aromatic heterocycles. The lowest BCUT2D eigenvalue weighted by Crippen LogP contribution is -2.07. The number of fused-ring (bicyclic) bond motifs is 1. The van der Waals surface area contributed by atoms with Crippen molar-refractivity contribution in [3.05, 3.63) is 82.3 Å². The van der Waals surface area contributed by atoms with Gasteiger partial charge in [0, 0.05) is 10.2 Å². The van der Waals surface area contributed by atoms with Crippen LogP contribution in [0, 0.1) is 6.92 Å². The normalized spacial score (nSPS) is 11.0. The first-order chi connectivity index (χ1) is 14.0. The minimum absolute atomic E-state index is 0.0521. The number of esters is 1. The molecule has 0 amide bonds. The zero-order valence-electron chi connectivity index (χ0n) is 16.1. The smallest absolute Gasteiger partial charge is 0.341 e. The molecule has 4 rings (SSSR count). The molecule has 0 unspecified atom stereocenters. The summed E-state index contributed by atoms with van der Waals surface area (Å²) in [5.74, 6) is -0.402. The summed E-state index contributed by atoms with van der Waals surface area (Å²) in [7, 11) is 0. The summed E-state index contributed by atoms with van der Waals surface area (Å²) in [5.41, 5.74) is 4.67. The third kappa shape index (κ3) is 3.32. The number of halogens is 1. The van der Waals surface area contributed by atoms with Gasteiger partial charge < -0.3 is 14.4 Å². The number of nitrogens with zero attached hydrogens (tertiary/aromatic N) is 1. The molecule has 146 valence electrons. The molecule has 0 saturated carbocycles. The zero-order chi connectivity index (χ0) is 20.5. The number of carbonyl (C=O) groups excluding carboxylic acids is 1. The van der Waals surface area contributed by atoms with Crippen molar-refractivity contribution in [3.8, 4) is 22.7 Å². The number of para-hydroxylation sites is 1. The highest BCUT2D eigenvalue weighted by Crippen LogP contribution is 2.41. The molecule has 0 fully saturated rings. The number of benzene rings is 3. The highest BCUT2D eigenvalue weighted by atomic mass is 79.9. The number of carbonyl (C=O) groups is 1. The fourth-order valence-electron chi connectivity index (χ4n) is 3.67. The van der Waals surface area contributed by atoms with Crippen molar-refractivity contribution in [2.75, 3.05) is 6.61 Å². The van der Waals surface area contributed by atoms with Crippen molar-refractivity contribution in [1.29, 1.82) is 0 Å². The fraction of sp³-hybridized carbons (Fsp3) is 0.125. The van der Waals surface area contributed by atoms with Crippen LogP contribution in [0.25, 0.3) is 27.8 Å². The van der Waals surface area contributed by atoms with Gasteiger partial charge in [0.15, 0.2) is 0 Å². The molecule has 1 N–H and O–H groups in total. The van der Waals surface area contributed by atoms with E-state index in [0.29, 0.717) is 16.6 Å². The van der Waals surface area contributed by atoms with E-state index < -0.39 is 5.97 Å². The fourth-order valence-corrected chi connectivity index (χ4v) is 3.93. The Morgan fingerprint density at radius 2 is 1.76 bits per heavy atom. The van der Waals surface area contributed by atoms with E-state index >= 15 is 0 Å². The highest BCUT2D eigenvalue weighted by Gasteiger charge is 2.27. The van der Waals surface area contributed by atoms with E-state index in [0.717, 1.165) is 26.8 Å². The molecule has 0 radical (unpaired) electrons. The molecular weight excluding hydrogens is 430 g/mol. The largest absolute Gasteiger partial charge is 0.507 e. The van der Waals surface area contributed by atoms with E-state index in [2.05, 4.69) is 15.9 Å². The molecule has 4 nitrogen and oxygen atoms in total. The molecule has 0 atom stereocenters. The van der Waals surface area contributed by atoms with Crippen LogP contribution in [0.2, 0.25) is 0 Å². The van der Waals surface area contributed by atoms with Gasteiger partial charge in [0.05, 0.1) is 28.8 Å². The lowest BCUT2D eigenvalue weighted by molar-refractivity contribution is 0.0529. The third-order valence-electron chi connectivity index (χ3n) is 4.93. The van der Waals surface area contributed by atoms with Crippen LogP contribution in [0.15, 0.2) is 71.2 Å². The van der Waals surface area contributed by atoms with Gasteiger partial charge in [-0.05, 0) is 55.3 Å². The van der Waals surface area contributed by atoms with Crippen LogP contribution >= 0.6 is 15.9 Å². The minimum Gasteiger partial charge on any atom is -0.507 e. The van der Waals surface area contributed by atoms with Gasteiger partial charge in [0.2, 0.25) is 0 Å². The quantitative estimate of drug-likeness (QED) is 0.374. The molecule has 5 heteroatoms. The zero-order valence-corrected chi connectivity index (χ0v) is 17.7. The summed E-state index contributed by atoms with van der Waals surface area (Å²) < 4.78 is 8.36. The summed E-state index contributed by atoms with van der Waals surface area (Å²) in [6, 6.07) is 21.0. The predicted octanol–water partition coefficient (Wildman–Crippen LogP) is 6.25. The average Bonchev–Trinajstić information content (AvgIpc) is 3.05. The van der Waals surface area contributed by atoms with Crippen molar-refractivity contribution < 1.29 is 14.6 Å². The van der Waals surface area contributed by atoms with Crippen LogP contribution in [0.4, 0.5) is 0 Å². The van der Waals surface area contributed by atoms with Crippen molar-refractivity contribution in [2.24, 2.45) is 0 Å². The van der Waals surface area contributed by atoms with E-state index in [-0.39, 0.29) is 12.4 Å².